The number of nitrogens with two attached hydrogens (primary N) is 1. The van der Waals surface area contributed by atoms with Gasteiger partial charge in [-0.1, -0.05) is 6.07 Å². The first-order valence-electron chi connectivity index (χ1n) is 6.79. The maximum atomic E-state index is 12.1. The Hall–Kier alpha value is -2.56. The molecule has 0 saturated carbocycles. The molecule has 0 aliphatic rings. The van der Waals surface area contributed by atoms with E-state index in [1.54, 1.807) is 30.6 Å². The first-order chi connectivity index (χ1) is 10.2. The number of hydrogen-bond acceptors (Lipinski definition) is 5. The summed E-state index contributed by atoms with van der Waals surface area (Å²) in [7, 11) is 0. The van der Waals surface area contributed by atoms with Gasteiger partial charge in [0.15, 0.2) is 5.75 Å². The zero-order chi connectivity index (χ0) is 15.1. The molecule has 0 unspecified atom stereocenters. The van der Waals surface area contributed by atoms with Crippen molar-refractivity contribution in [3.05, 3.63) is 53.9 Å². The first kappa shape index (κ1) is 14.8. The van der Waals surface area contributed by atoms with E-state index in [0.29, 0.717) is 36.6 Å². The van der Waals surface area contributed by atoms with Crippen molar-refractivity contribution in [2.75, 3.05) is 18.9 Å². The molecule has 0 radical (unpaired) electrons. The number of esters is 1. The van der Waals surface area contributed by atoms with Gasteiger partial charge in [-0.25, -0.2) is 4.79 Å². The molecule has 0 atom stereocenters. The van der Waals surface area contributed by atoms with Gasteiger partial charge in [0, 0.05) is 18.8 Å². The molecular weight excluding hydrogens is 268 g/mol. The molecule has 2 rings (SSSR count). The Labute approximate surface area is 123 Å². The summed E-state index contributed by atoms with van der Waals surface area (Å²) in [5.41, 5.74) is 7.67. The van der Waals surface area contributed by atoms with E-state index in [1.807, 2.05) is 19.1 Å². The largest absolute Gasteiger partial charge is 0.491 e. The lowest BCUT2D eigenvalue weighted by Gasteiger charge is -2.12. The number of carbonyl (C=O) groups excluding carboxylic acids is 1. The van der Waals surface area contributed by atoms with Crippen molar-refractivity contribution in [3.63, 3.8) is 0 Å². The Morgan fingerprint density at radius 1 is 1.24 bits per heavy atom. The molecule has 0 amide bonds. The molecule has 0 saturated heterocycles. The van der Waals surface area contributed by atoms with Crippen LogP contribution in [0.4, 0.5) is 5.69 Å². The standard InChI is InChI=1S/C16H18N2O3/c1-2-20-15-13(4-3-5-14(15)17)16(19)21-11-8-12-6-9-18-10-7-12/h3-7,9-10H,2,8,11,17H2,1H3. The maximum Gasteiger partial charge on any atom is 0.342 e. The van der Waals surface area contributed by atoms with Crippen LogP contribution in [0.5, 0.6) is 5.75 Å². The van der Waals surface area contributed by atoms with E-state index < -0.39 is 5.97 Å². The van der Waals surface area contributed by atoms with Gasteiger partial charge < -0.3 is 15.2 Å². The summed E-state index contributed by atoms with van der Waals surface area (Å²) in [4.78, 5) is 16.1. The van der Waals surface area contributed by atoms with Crippen LogP contribution in [0.25, 0.3) is 0 Å². The van der Waals surface area contributed by atoms with Crippen LogP contribution < -0.4 is 10.5 Å². The minimum absolute atomic E-state index is 0.295. The second-order valence-electron chi connectivity index (χ2n) is 4.40. The lowest BCUT2D eigenvalue weighted by molar-refractivity contribution is 0.0505. The molecule has 0 aliphatic carbocycles. The van der Waals surface area contributed by atoms with Gasteiger partial charge in [-0.2, -0.15) is 0 Å². The van der Waals surface area contributed by atoms with Crippen molar-refractivity contribution in [3.8, 4) is 5.75 Å². The Morgan fingerprint density at radius 3 is 2.71 bits per heavy atom. The van der Waals surface area contributed by atoms with Crippen LogP contribution >= 0.6 is 0 Å². The number of pyridine rings is 1. The zero-order valence-corrected chi connectivity index (χ0v) is 11.9. The molecule has 0 aliphatic heterocycles. The number of aromatic nitrogens is 1. The summed E-state index contributed by atoms with van der Waals surface area (Å²) < 4.78 is 10.7. The molecule has 2 N–H and O–H groups in total. The summed E-state index contributed by atoms with van der Waals surface area (Å²) >= 11 is 0. The highest BCUT2D eigenvalue weighted by Crippen LogP contribution is 2.27. The number of benzene rings is 1. The van der Waals surface area contributed by atoms with Gasteiger partial charge in [-0.05, 0) is 36.8 Å². The number of ether oxygens (including phenoxy) is 2. The number of hydrogen-bond donors (Lipinski definition) is 1. The lowest BCUT2D eigenvalue weighted by atomic mass is 10.1. The predicted octanol–water partition coefficient (Wildman–Crippen LogP) is 2.46. The summed E-state index contributed by atoms with van der Waals surface area (Å²) in [5.74, 6) is -0.0475. The van der Waals surface area contributed by atoms with Crippen LogP contribution in [0.1, 0.15) is 22.8 Å². The van der Waals surface area contributed by atoms with Crippen LogP contribution in [0, 0.1) is 0 Å². The fourth-order valence-electron chi connectivity index (χ4n) is 1.91. The van der Waals surface area contributed by atoms with Gasteiger partial charge in [-0.15, -0.1) is 0 Å². The topological polar surface area (TPSA) is 74.4 Å². The van der Waals surface area contributed by atoms with Gasteiger partial charge in [0.1, 0.15) is 5.56 Å². The van der Waals surface area contributed by atoms with E-state index in [4.69, 9.17) is 15.2 Å². The van der Waals surface area contributed by atoms with Crippen LogP contribution in [0.3, 0.4) is 0 Å². The summed E-state index contributed by atoms with van der Waals surface area (Å²) in [6.07, 6.45) is 4.06. The molecule has 2 aromatic rings. The van der Waals surface area contributed by atoms with Gasteiger partial charge in [0.05, 0.1) is 18.9 Å². The minimum atomic E-state index is -0.431. The summed E-state index contributed by atoms with van der Waals surface area (Å²) in [6.45, 7) is 2.57. The minimum Gasteiger partial charge on any atom is -0.491 e. The third-order valence-electron chi connectivity index (χ3n) is 2.93. The normalized spacial score (nSPS) is 10.1. The SMILES string of the molecule is CCOc1c(N)cccc1C(=O)OCCc1ccncc1. The number of rotatable bonds is 6. The Morgan fingerprint density at radius 2 is 2.00 bits per heavy atom. The Kier molecular flexibility index (Phi) is 5.15. The molecular formula is C16H18N2O3. The second kappa shape index (κ2) is 7.28. The van der Waals surface area contributed by atoms with Crippen LogP contribution in [-0.2, 0) is 11.2 Å². The highest BCUT2D eigenvalue weighted by atomic mass is 16.5. The quantitative estimate of drug-likeness (QED) is 0.652. The molecule has 5 nitrogen and oxygen atoms in total. The number of nitrogen functional groups attached to an aromatic ring is 1. The Balaban J connectivity index is 1.99. The highest BCUT2D eigenvalue weighted by Gasteiger charge is 2.16. The van der Waals surface area contributed by atoms with Gasteiger partial charge in [0.25, 0.3) is 0 Å². The van der Waals surface area contributed by atoms with Crippen LogP contribution in [0.2, 0.25) is 0 Å². The van der Waals surface area contributed by atoms with Gasteiger partial charge in [-0.3, -0.25) is 4.98 Å². The van der Waals surface area contributed by atoms with Crippen molar-refractivity contribution in [1.29, 1.82) is 0 Å². The van der Waals surface area contributed by atoms with Crippen molar-refractivity contribution in [2.45, 2.75) is 13.3 Å². The molecule has 0 spiro atoms. The fourth-order valence-corrected chi connectivity index (χ4v) is 1.91. The number of anilines is 1. The first-order valence-corrected chi connectivity index (χ1v) is 6.79. The zero-order valence-electron chi connectivity index (χ0n) is 11.9. The predicted molar refractivity (Wildman–Crippen MR) is 80.2 cm³/mol. The highest BCUT2D eigenvalue weighted by molar-refractivity contribution is 5.94. The van der Waals surface area contributed by atoms with E-state index >= 15 is 0 Å². The average Bonchev–Trinajstić information content (AvgIpc) is 2.50. The van der Waals surface area contributed by atoms with E-state index in [-0.39, 0.29) is 0 Å². The molecule has 0 bridgehead atoms. The molecule has 21 heavy (non-hydrogen) atoms. The second-order valence-corrected chi connectivity index (χ2v) is 4.40. The van der Waals surface area contributed by atoms with Crippen molar-refractivity contribution >= 4 is 11.7 Å². The smallest absolute Gasteiger partial charge is 0.342 e. The number of carbonyl (C=O) groups is 1. The third kappa shape index (κ3) is 3.95. The number of para-hydroxylation sites is 1. The fraction of sp³-hybridized carbons (Fsp3) is 0.250. The summed E-state index contributed by atoms with van der Waals surface area (Å²) in [5, 5.41) is 0. The molecule has 1 heterocycles. The van der Waals surface area contributed by atoms with E-state index in [0.717, 1.165) is 5.56 Å². The molecule has 1 aromatic heterocycles. The molecule has 1 aromatic carbocycles. The summed E-state index contributed by atoms with van der Waals surface area (Å²) in [6, 6.07) is 8.83. The average molecular weight is 286 g/mol. The van der Waals surface area contributed by atoms with Gasteiger partial charge >= 0.3 is 5.97 Å². The monoisotopic (exact) mass is 286 g/mol. The van der Waals surface area contributed by atoms with Crippen LogP contribution in [-0.4, -0.2) is 24.2 Å². The maximum absolute atomic E-state index is 12.1. The Bertz CT molecular complexity index is 600. The molecule has 0 fully saturated rings. The third-order valence-corrected chi connectivity index (χ3v) is 2.93. The van der Waals surface area contributed by atoms with E-state index in [2.05, 4.69) is 4.98 Å². The number of nitrogens with zero attached hydrogens (tertiary/aromatic N) is 1. The van der Waals surface area contributed by atoms with Crippen molar-refractivity contribution < 1.29 is 14.3 Å². The van der Waals surface area contributed by atoms with Gasteiger partial charge in [0.2, 0.25) is 0 Å². The molecule has 5 heteroatoms. The van der Waals surface area contributed by atoms with Crippen molar-refractivity contribution in [1.82, 2.24) is 4.98 Å². The lowest BCUT2D eigenvalue weighted by Crippen LogP contribution is -2.11. The van der Waals surface area contributed by atoms with Crippen LogP contribution in [0.15, 0.2) is 42.7 Å². The van der Waals surface area contributed by atoms with Crippen molar-refractivity contribution in [2.24, 2.45) is 0 Å². The molecule has 110 valence electrons. The van der Waals surface area contributed by atoms with E-state index in [9.17, 15) is 4.79 Å². The van der Waals surface area contributed by atoms with E-state index in [1.165, 1.54) is 0 Å².